The Bertz CT molecular complexity index is 504. The molecular formula is C18H33N5O2S. The van der Waals surface area contributed by atoms with Crippen molar-refractivity contribution >= 4 is 23.6 Å². The predicted octanol–water partition coefficient (Wildman–Crippen LogP) is 0.370. The highest BCUT2D eigenvalue weighted by molar-refractivity contribution is 7.99. The van der Waals surface area contributed by atoms with E-state index in [0.717, 1.165) is 58.3 Å². The monoisotopic (exact) mass is 383 g/mol. The number of guanidine groups is 1. The van der Waals surface area contributed by atoms with E-state index in [1.54, 1.807) is 0 Å². The normalized spacial score (nSPS) is 30.6. The van der Waals surface area contributed by atoms with E-state index < -0.39 is 0 Å². The van der Waals surface area contributed by atoms with Crippen LogP contribution >= 0.6 is 11.8 Å². The number of nitrogens with one attached hydrogen (secondary N) is 2. The molecule has 148 valence electrons. The quantitative estimate of drug-likeness (QED) is 0.528. The third kappa shape index (κ3) is 4.64. The summed E-state index contributed by atoms with van der Waals surface area (Å²) in [6.45, 7) is 8.16. The molecule has 2 unspecified atom stereocenters. The second kappa shape index (κ2) is 9.28. The highest BCUT2D eigenvalue weighted by atomic mass is 32.2. The first-order valence-corrected chi connectivity index (χ1v) is 11.0. The average molecular weight is 384 g/mol. The molecule has 3 rings (SSSR count). The molecular weight excluding hydrogens is 350 g/mol. The van der Waals surface area contributed by atoms with Crippen LogP contribution in [0.25, 0.3) is 0 Å². The van der Waals surface area contributed by atoms with Crippen LogP contribution < -0.4 is 10.6 Å². The van der Waals surface area contributed by atoms with Crippen LogP contribution in [0.2, 0.25) is 0 Å². The van der Waals surface area contributed by atoms with E-state index in [0.29, 0.717) is 6.42 Å². The number of hydrogen-bond acceptors (Lipinski definition) is 5. The highest BCUT2D eigenvalue weighted by Crippen LogP contribution is 2.33. The lowest BCUT2D eigenvalue weighted by atomic mass is 9.95. The van der Waals surface area contributed by atoms with Crippen LogP contribution in [0.5, 0.6) is 0 Å². The molecule has 0 aromatic heterocycles. The Hall–Kier alpha value is -0.990. The zero-order chi connectivity index (χ0) is 18.4. The molecule has 2 atom stereocenters. The minimum atomic E-state index is 0.200. The van der Waals surface area contributed by atoms with Gasteiger partial charge in [0.05, 0.1) is 13.2 Å². The van der Waals surface area contributed by atoms with Crippen molar-refractivity contribution in [3.05, 3.63) is 0 Å². The Morgan fingerprint density at radius 2 is 2.15 bits per heavy atom. The van der Waals surface area contributed by atoms with Gasteiger partial charge in [-0.2, -0.15) is 11.8 Å². The first-order valence-electron chi connectivity index (χ1n) is 9.82. The summed E-state index contributed by atoms with van der Waals surface area (Å²) < 4.78 is 5.54. The second-order valence-electron chi connectivity index (χ2n) is 7.38. The minimum absolute atomic E-state index is 0.200. The van der Waals surface area contributed by atoms with Gasteiger partial charge < -0.3 is 20.3 Å². The molecule has 0 bridgehead atoms. The summed E-state index contributed by atoms with van der Waals surface area (Å²) in [5, 5.41) is 7.09. The van der Waals surface area contributed by atoms with Crippen molar-refractivity contribution in [2.24, 2.45) is 4.99 Å². The number of morpholine rings is 1. The number of aliphatic imine (C=N–C) groups is 1. The molecule has 26 heavy (non-hydrogen) atoms. The van der Waals surface area contributed by atoms with Crippen LogP contribution in [0.1, 0.15) is 26.2 Å². The molecule has 3 aliphatic rings. The molecule has 3 saturated heterocycles. The number of likely N-dealkylation sites (tertiary alicyclic amines) is 1. The molecule has 0 saturated carbocycles. The van der Waals surface area contributed by atoms with Gasteiger partial charge in [0.25, 0.3) is 0 Å². The summed E-state index contributed by atoms with van der Waals surface area (Å²) in [6, 6.07) is 0.286. The molecule has 1 amide bonds. The Morgan fingerprint density at radius 1 is 1.35 bits per heavy atom. The second-order valence-corrected chi connectivity index (χ2v) is 8.48. The number of hydrogen-bond donors (Lipinski definition) is 2. The van der Waals surface area contributed by atoms with E-state index in [2.05, 4.69) is 20.5 Å². The minimum Gasteiger partial charge on any atom is -0.379 e. The van der Waals surface area contributed by atoms with E-state index in [-0.39, 0.29) is 17.5 Å². The lowest BCUT2D eigenvalue weighted by molar-refractivity contribution is -0.129. The third-order valence-corrected chi connectivity index (χ3v) is 6.99. The molecule has 3 fully saturated rings. The van der Waals surface area contributed by atoms with Gasteiger partial charge in [0.2, 0.25) is 5.91 Å². The molecule has 0 aromatic carbocycles. The molecule has 7 nitrogen and oxygen atoms in total. The van der Waals surface area contributed by atoms with E-state index in [1.165, 1.54) is 17.9 Å². The Kier molecular flexibility index (Phi) is 7.05. The Balaban J connectivity index is 1.52. The summed E-state index contributed by atoms with van der Waals surface area (Å²) in [5.74, 6) is 3.48. The fraction of sp³-hybridized carbons (Fsp3) is 0.889. The van der Waals surface area contributed by atoms with Crippen LogP contribution in [0.15, 0.2) is 4.99 Å². The van der Waals surface area contributed by atoms with Gasteiger partial charge in [0.1, 0.15) is 0 Å². The molecule has 3 heterocycles. The number of ether oxygens (including phenoxy) is 1. The maximum Gasteiger partial charge on any atom is 0.222 e. The van der Waals surface area contributed by atoms with Crippen LogP contribution in [0, 0.1) is 0 Å². The van der Waals surface area contributed by atoms with Gasteiger partial charge in [0, 0.05) is 63.5 Å². The lowest BCUT2D eigenvalue weighted by Crippen LogP contribution is -2.60. The smallest absolute Gasteiger partial charge is 0.222 e. The third-order valence-electron chi connectivity index (χ3n) is 5.76. The van der Waals surface area contributed by atoms with E-state index in [1.807, 2.05) is 30.6 Å². The van der Waals surface area contributed by atoms with Crippen molar-refractivity contribution in [3.63, 3.8) is 0 Å². The van der Waals surface area contributed by atoms with Gasteiger partial charge in [-0.25, -0.2) is 0 Å². The lowest BCUT2D eigenvalue weighted by Gasteiger charge is -2.43. The van der Waals surface area contributed by atoms with Crippen LogP contribution in [-0.4, -0.2) is 97.7 Å². The molecule has 0 spiro atoms. The number of carbonyl (C=O) groups is 1. The van der Waals surface area contributed by atoms with E-state index >= 15 is 0 Å². The number of nitrogens with zero attached hydrogens (tertiary/aromatic N) is 3. The maximum atomic E-state index is 11.9. The van der Waals surface area contributed by atoms with Crippen molar-refractivity contribution in [1.29, 1.82) is 0 Å². The average Bonchev–Trinajstić information content (AvgIpc) is 3.35. The Labute approximate surface area is 161 Å². The molecule has 0 radical (unpaired) electrons. The molecule has 8 heteroatoms. The van der Waals surface area contributed by atoms with Crippen LogP contribution in [0.4, 0.5) is 0 Å². The van der Waals surface area contributed by atoms with Crippen molar-refractivity contribution in [3.8, 4) is 0 Å². The fourth-order valence-electron chi connectivity index (χ4n) is 4.10. The molecule has 0 aromatic rings. The SMILES string of the molecule is CCC(=O)N1CCC(NC(=NC)NCC2(N3CCOCC3)CCSC2)C1. The summed E-state index contributed by atoms with van der Waals surface area (Å²) in [4.78, 5) is 20.8. The first kappa shape index (κ1) is 19.8. The predicted molar refractivity (Wildman–Crippen MR) is 107 cm³/mol. The van der Waals surface area contributed by atoms with Crippen molar-refractivity contribution in [2.75, 3.05) is 64.5 Å². The summed E-state index contributed by atoms with van der Waals surface area (Å²) in [5.41, 5.74) is 0.200. The molecule has 2 N–H and O–H groups in total. The zero-order valence-electron chi connectivity index (χ0n) is 16.1. The number of thioether (sulfide) groups is 1. The highest BCUT2D eigenvalue weighted by Gasteiger charge is 2.40. The number of amides is 1. The van der Waals surface area contributed by atoms with Crippen molar-refractivity contribution < 1.29 is 9.53 Å². The van der Waals surface area contributed by atoms with Gasteiger partial charge in [-0.05, 0) is 18.6 Å². The van der Waals surface area contributed by atoms with Crippen molar-refractivity contribution in [1.82, 2.24) is 20.4 Å². The Morgan fingerprint density at radius 3 is 2.81 bits per heavy atom. The molecule has 3 aliphatic heterocycles. The topological polar surface area (TPSA) is 69.2 Å². The summed E-state index contributed by atoms with van der Waals surface area (Å²) in [6.07, 6.45) is 2.78. The maximum absolute atomic E-state index is 11.9. The van der Waals surface area contributed by atoms with Crippen LogP contribution in [-0.2, 0) is 9.53 Å². The van der Waals surface area contributed by atoms with Gasteiger partial charge in [-0.15, -0.1) is 0 Å². The summed E-state index contributed by atoms with van der Waals surface area (Å²) in [7, 11) is 1.82. The van der Waals surface area contributed by atoms with E-state index in [9.17, 15) is 4.79 Å². The largest absolute Gasteiger partial charge is 0.379 e. The van der Waals surface area contributed by atoms with Gasteiger partial charge in [0.15, 0.2) is 5.96 Å². The summed E-state index contributed by atoms with van der Waals surface area (Å²) >= 11 is 2.05. The first-order chi connectivity index (χ1) is 12.7. The van der Waals surface area contributed by atoms with Crippen LogP contribution in [0.3, 0.4) is 0 Å². The van der Waals surface area contributed by atoms with Gasteiger partial charge >= 0.3 is 0 Å². The number of carbonyl (C=O) groups excluding carboxylic acids is 1. The van der Waals surface area contributed by atoms with Gasteiger partial charge in [-0.1, -0.05) is 6.92 Å². The number of rotatable bonds is 5. The van der Waals surface area contributed by atoms with Gasteiger partial charge in [-0.3, -0.25) is 14.7 Å². The van der Waals surface area contributed by atoms with Crippen molar-refractivity contribution in [2.45, 2.75) is 37.8 Å². The zero-order valence-corrected chi connectivity index (χ0v) is 16.9. The standard InChI is InChI=1S/C18H33N5O2S/c1-3-16(24)22-6-4-15(12-22)21-17(19-2)20-13-18(5-11-26-14-18)23-7-9-25-10-8-23/h15H,3-14H2,1-2H3,(H2,19,20,21). The molecule has 0 aliphatic carbocycles. The van der Waals surface area contributed by atoms with E-state index in [4.69, 9.17) is 4.74 Å². The fourth-order valence-corrected chi connectivity index (χ4v) is 5.58.